The summed E-state index contributed by atoms with van der Waals surface area (Å²) in [7, 11) is -1.97. The van der Waals surface area contributed by atoms with Crippen LogP contribution in [0.15, 0.2) is 6.07 Å². The molecule has 0 radical (unpaired) electrons. The lowest BCUT2D eigenvalue weighted by atomic mass is 10.0. The zero-order chi connectivity index (χ0) is 19.1. The van der Waals surface area contributed by atoms with Crippen molar-refractivity contribution in [1.82, 2.24) is 19.4 Å². The van der Waals surface area contributed by atoms with E-state index in [0.29, 0.717) is 25.2 Å². The van der Waals surface area contributed by atoms with Crippen LogP contribution in [0.1, 0.15) is 31.4 Å². The van der Waals surface area contributed by atoms with Crippen LogP contribution in [-0.4, -0.2) is 65.7 Å². The minimum Gasteiger partial charge on any atom is -0.352 e. The predicted octanol–water partition coefficient (Wildman–Crippen LogP) is -0.236. The predicted molar refractivity (Wildman–Crippen MR) is 96.0 cm³/mol. The van der Waals surface area contributed by atoms with Gasteiger partial charge in [-0.1, -0.05) is 0 Å². The summed E-state index contributed by atoms with van der Waals surface area (Å²) in [5, 5.41) is 7.04. The zero-order valence-electron chi connectivity index (χ0n) is 15.3. The van der Waals surface area contributed by atoms with E-state index in [-0.39, 0.29) is 24.4 Å². The molecular formula is C16H25N5O4S. The highest BCUT2D eigenvalue weighted by Gasteiger charge is 2.40. The van der Waals surface area contributed by atoms with Crippen molar-refractivity contribution < 1.29 is 18.0 Å². The first kappa shape index (κ1) is 18.8. The topological polar surface area (TPSA) is 105 Å². The normalized spacial score (nSPS) is 21.3. The fraction of sp³-hybridized carbons (Fsp3) is 0.688. The Morgan fingerprint density at radius 1 is 1.38 bits per heavy atom. The molecule has 1 aliphatic carbocycles. The van der Waals surface area contributed by atoms with E-state index in [0.717, 1.165) is 29.1 Å². The molecule has 1 aromatic rings. The van der Waals surface area contributed by atoms with Gasteiger partial charge >= 0.3 is 0 Å². The Labute approximate surface area is 153 Å². The lowest BCUT2D eigenvalue weighted by Crippen LogP contribution is -2.56. The summed E-state index contributed by atoms with van der Waals surface area (Å²) in [6, 6.07) is 1.06. The molecule has 0 spiro atoms. The van der Waals surface area contributed by atoms with E-state index in [4.69, 9.17) is 0 Å². The Morgan fingerprint density at radius 2 is 2.08 bits per heavy atom. The highest BCUT2D eigenvalue weighted by atomic mass is 32.2. The van der Waals surface area contributed by atoms with Crippen LogP contribution in [0.25, 0.3) is 0 Å². The smallest absolute Gasteiger partial charge is 0.246 e. The SMILES string of the molecule is Cc1cc(N2CCC[C@@H](N(CC(=O)NC3CC3)S(C)(=O)=O)C2=O)n(C)n1. The summed E-state index contributed by atoms with van der Waals surface area (Å²) >= 11 is 0. The van der Waals surface area contributed by atoms with Crippen molar-refractivity contribution >= 4 is 27.7 Å². The quantitative estimate of drug-likeness (QED) is 0.730. The van der Waals surface area contributed by atoms with Gasteiger partial charge in [0.15, 0.2) is 0 Å². The Hall–Kier alpha value is -1.94. The fourth-order valence-electron chi connectivity index (χ4n) is 3.30. The van der Waals surface area contributed by atoms with Crippen LogP contribution in [0, 0.1) is 6.92 Å². The molecule has 1 saturated carbocycles. The minimum atomic E-state index is -3.72. The van der Waals surface area contributed by atoms with Gasteiger partial charge in [0, 0.05) is 25.7 Å². The number of anilines is 1. The highest BCUT2D eigenvalue weighted by molar-refractivity contribution is 7.88. The molecule has 2 heterocycles. The molecule has 0 unspecified atom stereocenters. The van der Waals surface area contributed by atoms with Crippen LogP contribution in [0.3, 0.4) is 0 Å². The number of carbonyl (C=O) groups is 2. The molecule has 1 aliphatic heterocycles. The molecule has 10 heteroatoms. The molecule has 9 nitrogen and oxygen atoms in total. The molecule has 0 bridgehead atoms. The van der Waals surface area contributed by atoms with Gasteiger partial charge in [0.05, 0.1) is 18.5 Å². The van der Waals surface area contributed by atoms with Gasteiger partial charge in [0.2, 0.25) is 21.8 Å². The van der Waals surface area contributed by atoms with Gasteiger partial charge in [-0.3, -0.25) is 19.2 Å². The number of hydrogen-bond donors (Lipinski definition) is 1. The summed E-state index contributed by atoms with van der Waals surface area (Å²) < 4.78 is 27.2. The maximum atomic E-state index is 13.0. The Bertz CT molecular complexity index is 815. The van der Waals surface area contributed by atoms with Crippen LogP contribution in [0.2, 0.25) is 0 Å². The van der Waals surface area contributed by atoms with Crippen molar-refractivity contribution in [2.75, 3.05) is 24.2 Å². The van der Waals surface area contributed by atoms with Crippen LogP contribution < -0.4 is 10.2 Å². The van der Waals surface area contributed by atoms with Gasteiger partial charge in [-0.25, -0.2) is 8.42 Å². The lowest BCUT2D eigenvalue weighted by molar-refractivity contribution is -0.126. The van der Waals surface area contributed by atoms with E-state index in [2.05, 4.69) is 10.4 Å². The van der Waals surface area contributed by atoms with Crippen molar-refractivity contribution in [2.45, 2.75) is 44.7 Å². The number of nitrogens with zero attached hydrogens (tertiary/aromatic N) is 4. The number of sulfonamides is 1. The first-order chi connectivity index (χ1) is 12.2. The molecule has 1 N–H and O–H groups in total. The van der Waals surface area contributed by atoms with Gasteiger partial charge in [-0.05, 0) is 32.6 Å². The molecule has 144 valence electrons. The number of hydrogen-bond acceptors (Lipinski definition) is 5. The van der Waals surface area contributed by atoms with Gasteiger partial charge in [0.1, 0.15) is 11.9 Å². The van der Waals surface area contributed by atoms with E-state index in [9.17, 15) is 18.0 Å². The molecule has 26 heavy (non-hydrogen) atoms. The van der Waals surface area contributed by atoms with Gasteiger partial charge in [-0.15, -0.1) is 0 Å². The molecule has 3 rings (SSSR count). The molecular weight excluding hydrogens is 358 g/mol. The van der Waals surface area contributed by atoms with E-state index in [1.54, 1.807) is 22.7 Å². The second kappa shape index (κ2) is 6.99. The average Bonchev–Trinajstić information content (AvgIpc) is 3.27. The molecule has 1 saturated heterocycles. The van der Waals surface area contributed by atoms with E-state index >= 15 is 0 Å². The van der Waals surface area contributed by atoms with Crippen molar-refractivity contribution in [3.63, 3.8) is 0 Å². The second-order valence-corrected chi connectivity index (χ2v) is 9.00. The number of aromatic nitrogens is 2. The Morgan fingerprint density at radius 3 is 2.62 bits per heavy atom. The number of aryl methyl sites for hydroxylation is 2. The van der Waals surface area contributed by atoms with Gasteiger partial charge < -0.3 is 5.32 Å². The second-order valence-electron chi connectivity index (χ2n) is 7.07. The van der Waals surface area contributed by atoms with Crippen molar-refractivity contribution in [3.8, 4) is 0 Å². The summed E-state index contributed by atoms with van der Waals surface area (Å²) in [6.07, 6.45) is 3.92. The molecule has 2 amide bonds. The first-order valence-electron chi connectivity index (χ1n) is 8.75. The number of rotatable bonds is 6. The number of carbonyl (C=O) groups excluding carboxylic acids is 2. The van der Waals surface area contributed by atoms with Crippen LogP contribution in [0.5, 0.6) is 0 Å². The monoisotopic (exact) mass is 383 g/mol. The van der Waals surface area contributed by atoms with Crippen LogP contribution in [0.4, 0.5) is 5.82 Å². The molecule has 1 aromatic heterocycles. The van der Waals surface area contributed by atoms with E-state index in [1.165, 1.54) is 0 Å². The first-order valence-corrected chi connectivity index (χ1v) is 10.6. The molecule has 2 aliphatic rings. The largest absolute Gasteiger partial charge is 0.352 e. The molecule has 2 fully saturated rings. The van der Waals surface area contributed by atoms with Gasteiger partial charge in [0.25, 0.3) is 0 Å². The Kier molecular flexibility index (Phi) is 5.07. The fourth-order valence-corrected chi connectivity index (χ4v) is 4.31. The van der Waals surface area contributed by atoms with E-state index in [1.807, 2.05) is 6.92 Å². The number of piperidine rings is 1. The molecule has 0 aromatic carbocycles. The van der Waals surface area contributed by atoms with E-state index < -0.39 is 16.1 Å². The third kappa shape index (κ3) is 4.07. The standard InChI is InChI=1S/C16H25N5O4S/c1-11-9-15(19(2)18-11)20-8-4-5-13(16(20)23)21(26(3,24)25)10-14(22)17-12-6-7-12/h9,12-13H,4-8,10H2,1-3H3,(H,17,22)/t13-/m1/s1. The summed E-state index contributed by atoms with van der Waals surface area (Å²) in [4.78, 5) is 26.8. The van der Waals surface area contributed by atoms with Crippen molar-refractivity contribution in [3.05, 3.63) is 11.8 Å². The number of nitrogens with one attached hydrogen (secondary N) is 1. The lowest BCUT2D eigenvalue weighted by Gasteiger charge is -2.36. The highest BCUT2D eigenvalue weighted by Crippen LogP contribution is 2.25. The van der Waals surface area contributed by atoms with Crippen LogP contribution in [-0.2, 0) is 26.7 Å². The average molecular weight is 383 g/mol. The zero-order valence-corrected chi connectivity index (χ0v) is 16.1. The minimum absolute atomic E-state index is 0.139. The maximum absolute atomic E-state index is 13.0. The van der Waals surface area contributed by atoms with Crippen molar-refractivity contribution in [1.29, 1.82) is 0 Å². The molecule has 1 atom stereocenters. The third-order valence-electron chi connectivity index (χ3n) is 4.68. The summed E-state index contributed by atoms with van der Waals surface area (Å²) in [6.45, 7) is 2.00. The van der Waals surface area contributed by atoms with Crippen molar-refractivity contribution in [2.24, 2.45) is 7.05 Å². The summed E-state index contributed by atoms with van der Waals surface area (Å²) in [5.41, 5.74) is 0.779. The summed E-state index contributed by atoms with van der Waals surface area (Å²) in [5.74, 6) is -0.0452. The maximum Gasteiger partial charge on any atom is 0.246 e. The Balaban J connectivity index is 1.82. The number of amides is 2. The van der Waals surface area contributed by atoms with Crippen LogP contribution >= 0.6 is 0 Å². The van der Waals surface area contributed by atoms with Gasteiger partial charge in [-0.2, -0.15) is 9.40 Å². The third-order valence-corrected chi connectivity index (χ3v) is 5.92.